The third-order valence-corrected chi connectivity index (χ3v) is 10.1. The molecule has 0 aromatic heterocycles. The van der Waals surface area contributed by atoms with Crippen molar-refractivity contribution in [3.05, 3.63) is 81.4 Å². The van der Waals surface area contributed by atoms with Gasteiger partial charge in [0, 0.05) is 48.2 Å². The molecule has 13 nitrogen and oxygen atoms in total. The molecule has 1 saturated heterocycles. The Balaban J connectivity index is 0.00000432. The van der Waals surface area contributed by atoms with Crippen molar-refractivity contribution in [1.82, 2.24) is 0 Å². The third-order valence-electron chi connectivity index (χ3n) is 10.1. The number of aliphatic imine (C=N–C) groups is 1. The SMILES string of the molecule is COc1cccc2c1C(=O)c1c(O)c3c(c(O)c1C2=O)CC(O)(C(=O)CO)C[C@@H]3OC1C[C@H](N=CN2CCc3ccccc32)[C@H](O)C(C)O1.Cl. The number of phenols is 2. The van der Waals surface area contributed by atoms with Crippen LogP contribution in [0.5, 0.6) is 17.2 Å². The lowest BCUT2D eigenvalue weighted by atomic mass is 9.72. The van der Waals surface area contributed by atoms with Gasteiger partial charge in [-0.2, -0.15) is 0 Å². The summed E-state index contributed by atoms with van der Waals surface area (Å²) in [5.74, 6) is -3.77. The number of aromatic hydroxyl groups is 2. The first-order chi connectivity index (χ1) is 23.5. The summed E-state index contributed by atoms with van der Waals surface area (Å²) in [6, 6.07) is 11.7. The molecule has 0 spiro atoms. The second kappa shape index (κ2) is 13.4. The molecule has 14 heteroatoms. The fourth-order valence-corrected chi connectivity index (χ4v) is 7.49. The number of ether oxygens (including phenoxy) is 3. The van der Waals surface area contributed by atoms with E-state index in [4.69, 9.17) is 14.2 Å². The van der Waals surface area contributed by atoms with Crippen LogP contribution >= 0.6 is 12.4 Å². The number of fused-ring (bicyclic) bond motifs is 4. The molecule has 6 atom stereocenters. The van der Waals surface area contributed by atoms with Crippen LogP contribution in [0.25, 0.3) is 0 Å². The summed E-state index contributed by atoms with van der Waals surface area (Å²) in [7, 11) is 1.33. The number of Topliss-reactive ketones (excluding diaryl/α,β-unsaturated/α-hetero) is 1. The average molecular weight is 709 g/mol. The molecule has 2 aliphatic carbocycles. The standard InChI is InChI=1S/C36H36N2O11.ClH/c1-17-31(41)21(37-16-38-11-10-18-6-3-4-8-22(18)38)12-26(48-17)49-24-14-36(46,25(40)15-39)13-20-28(24)35(45)30-29(33(20)43)32(42)19-7-5-9-23(47-2)27(19)34(30)44;/h3-9,16-17,21,24,26,31,39,41,43,45-46H,10-15H2,1-2H3;1H/t17?,21-,24-,26?,31+,36?;/m0./s1. The molecule has 0 amide bonds. The number of carbonyl (C=O) groups excluding carboxylic acids is 3. The maximum absolute atomic E-state index is 13.9. The summed E-state index contributed by atoms with van der Waals surface area (Å²) in [6.45, 7) is 1.34. The Kier molecular flexibility index (Phi) is 9.50. The molecule has 0 radical (unpaired) electrons. The molecule has 0 bridgehead atoms. The lowest BCUT2D eigenvalue weighted by Gasteiger charge is -2.42. The zero-order valence-corrected chi connectivity index (χ0v) is 28.1. The van der Waals surface area contributed by atoms with Gasteiger partial charge in [0.1, 0.15) is 35.6 Å². The third kappa shape index (κ3) is 5.63. The number of halogens is 1. The molecule has 7 rings (SSSR count). The van der Waals surface area contributed by atoms with E-state index in [1.54, 1.807) is 13.3 Å². The number of hydrogen-bond donors (Lipinski definition) is 5. The maximum atomic E-state index is 13.9. The molecule has 2 aliphatic heterocycles. The Morgan fingerprint density at radius 3 is 2.56 bits per heavy atom. The highest BCUT2D eigenvalue weighted by Gasteiger charge is 2.50. The quantitative estimate of drug-likeness (QED) is 0.107. The number of anilines is 1. The molecule has 5 N–H and O–H groups in total. The number of carbonyl (C=O) groups is 3. The van der Waals surface area contributed by atoms with Crippen molar-refractivity contribution < 1.29 is 54.1 Å². The molecule has 264 valence electrons. The van der Waals surface area contributed by atoms with E-state index in [2.05, 4.69) is 4.99 Å². The molecule has 50 heavy (non-hydrogen) atoms. The molecule has 4 aliphatic rings. The minimum absolute atomic E-state index is 0. The van der Waals surface area contributed by atoms with Crippen LogP contribution in [-0.2, 0) is 27.1 Å². The van der Waals surface area contributed by atoms with Gasteiger partial charge in [-0.15, -0.1) is 12.4 Å². The number of phenolic OH excluding ortho intramolecular Hbond substituents is 2. The smallest absolute Gasteiger partial charge is 0.202 e. The Hall–Kier alpha value is -4.37. The summed E-state index contributed by atoms with van der Waals surface area (Å²) in [5, 5.41) is 55.6. The normalized spacial score (nSPS) is 26.9. The lowest BCUT2D eigenvalue weighted by molar-refractivity contribution is -0.247. The van der Waals surface area contributed by atoms with E-state index in [0.717, 1.165) is 18.7 Å². The Labute approximate surface area is 293 Å². The average Bonchev–Trinajstić information content (AvgIpc) is 3.51. The zero-order valence-electron chi connectivity index (χ0n) is 27.2. The van der Waals surface area contributed by atoms with Gasteiger partial charge in [-0.1, -0.05) is 30.3 Å². The van der Waals surface area contributed by atoms with E-state index in [1.807, 2.05) is 29.2 Å². The van der Waals surface area contributed by atoms with Gasteiger partial charge >= 0.3 is 0 Å². The number of ketones is 3. The van der Waals surface area contributed by atoms with Crippen molar-refractivity contribution in [1.29, 1.82) is 0 Å². The van der Waals surface area contributed by atoms with E-state index in [9.17, 15) is 39.9 Å². The van der Waals surface area contributed by atoms with Crippen molar-refractivity contribution in [2.24, 2.45) is 4.99 Å². The van der Waals surface area contributed by atoms with Gasteiger partial charge in [0.05, 0.1) is 48.4 Å². The van der Waals surface area contributed by atoms with Crippen LogP contribution < -0.4 is 9.64 Å². The van der Waals surface area contributed by atoms with Crippen LogP contribution in [0.4, 0.5) is 5.69 Å². The van der Waals surface area contributed by atoms with Crippen molar-refractivity contribution in [2.45, 2.75) is 68.9 Å². The van der Waals surface area contributed by atoms with Gasteiger partial charge in [-0.05, 0) is 31.0 Å². The number of aliphatic hydroxyl groups excluding tert-OH is 2. The van der Waals surface area contributed by atoms with Crippen LogP contribution in [0.3, 0.4) is 0 Å². The summed E-state index contributed by atoms with van der Waals surface area (Å²) in [4.78, 5) is 47.2. The number of aliphatic hydroxyl groups is 3. The zero-order chi connectivity index (χ0) is 34.8. The van der Waals surface area contributed by atoms with Crippen molar-refractivity contribution in [3.8, 4) is 17.2 Å². The van der Waals surface area contributed by atoms with Gasteiger partial charge in [0.25, 0.3) is 0 Å². The first-order valence-corrected chi connectivity index (χ1v) is 16.1. The highest BCUT2D eigenvalue weighted by Crippen LogP contribution is 2.52. The van der Waals surface area contributed by atoms with Gasteiger partial charge < -0.3 is 44.6 Å². The minimum Gasteiger partial charge on any atom is -0.507 e. The van der Waals surface area contributed by atoms with Crippen LogP contribution in [0.15, 0.2) is 47.5 Å². The second-order valence-corrected chi connectivity index (χ2v) is 12.9. The van der Waals surface area contributed by atoms with Gasteiger partial charge in [0.15, 0.2) is 17.9 Å². The Morgan fingerprint density at radius 1 is 1.08 bits per heavy atom. The molecular formula is C36H37ClN2O11. The van der Waals surface area contributed by atoms with Crippen molar-refractivity contribution >= 4 is 41.8 Å². The summed E-state index contributed by atoms with van der Waals surface area (Å²) >= 11 is 0. The van der Waals surface area contributed by atoms with E-state index in [-0.39, 0.29) is 46.8 Å². The Morgan fingerprint density at radius 2 is 1.82 bits per heavy atom. The molecule has 0 saturated carbocycles. The van der Waals surface area contributed by atoms with E-state index < -0.39 is 95.7 Å². The predicted molar refractivity (Wildman–Crippen MR) is 181 cm³/mol. The first kappa shape index (κ1) is 35.5. The lowest BCUT2D eigenvalue weighted by Crippen LogP contribution is -2.50. The number of hydrogen-bond acceptors (Lipinski definition) is 12. The molecular weight excluding hydrogens is 672 g/mol. The van der Waals surface area contributed by atoms with Gasteiger partial charge in [-0.25, -0.2) is 0 Å². The number of para-hydroxylation sites is 1. The van der Waals surface area contributed by atoms with E-state index >= 15 is 0 Å². The highest BCUT2D eigenvalue weighted by molar-refractivity contribution is 6.31. The molecule has 3 aromatic rings. The maximum Gasteiger partial charge on any atom is 0.202 e. The summed E-state index contributed by atoms with van der Waals surface area (Å²) < 4.78 is 17.6. The predicted octanol–water partition coefficient (Wildman–Crippen LogP) is 2.56. The van der Waals surface area contributed by atoms with Crippen LogP contribution in [0, 0.1) is 0 Å². The molecule has 2 heterocycles. The monoisotopic (exact) mass is 708 g/mol. The molecule has 3 aromatic carbocycles. The molecule has 3 unspecified atom stereocenters. The van der Waals surface area contributed by atoms with E-state index in [1.165, 1.54) is 30.9 Å². The van der Waals surface area contributed by atoms with E-state index in [0.29, 0.717) is 0 Å². The van der Waals surface area contributed by atoms with Crippen molar-refractivity contribution in [2.75, 3.05) is 25.2 Å². The fourth-order valence-electron chi connectivity index (χ4n) is 7.49. The van der Waals surface area contributed by atoms with Crippen LogP contribution in [0.1, 0.15) is 74.4 Å². The van der Waals surface area contributed by atoms with Crippen molar-refractivity contribution in [3.63, 3.8) is 0 Å². The highest BCUT2D eigenvalue weighted by atomic mass is 35.5. The van der Waals surface area contributed by atoms with Crippen LogP contribution in [0.2, 0.25) is 0 Å². The minimum atomic E-state index is -2.27. The number of nitrogens with zero attached hydrogens (tertiary/aromatic N) is 2. The van der Waals surface area contributed by atoms with Gasteiger partial charge in [0.2, 0.25) is 5.78 Å². The summed E-state index contributed by atoms with van der Waals surface area (Å²) in [6.07, 6.45) is -2.72. The second-order valence-electron chi connectivity index (χ2n) is 12.9. The fraction of sp³-hybridized carbons (Fsp3) is 0.389. The summed E-state index contributed by atoms with van der Waals surface area (Å²) in [5.41, 5.74) is -1.44. The molecule has 1 fully saturated rings. The number of benzene rings is 3. The van der Waals surface area contributed by atoms with Gasteiger partial charge in [-0.3, -0.25) is 19.4 Å². The topological polar surface area (TPSA) is 196 Å². The number of rotatable bonds is 7. The largest absolute Gasteiger partial charge is 0.507 e. The first-order valence-electron chi connectivity index (χ1n) is 16.1. The van der Waals surface area contributed by atoms with Crippen LogP contribution in [-0.4, -0.2) is 99.6 Å². The Bertz CT molecular complexity index is 1910. The number of methoxy groups -OCH3 is 1.